The monoisotopic (exact) mass is 438 g/mol. The van der Waals surface area contributed by atoms with E-state index in [2.05, 4.69) is 0 Å². The Bertz CT molecular complexity index is 864. The maximum Gasteiger partial charge on any atom is 0.303 e. The number of hydrogen-bond acceptors (Lipinski definition) is 8. The first-order valence-corrected chi connectivity index (χ1v) is 11.0. The average Bonchev–Trinajstić information content (AvgIpc) is 2.65. The van der Waals surface area contributed by atoms with Crippen LogP contribution in [0.3, 0.4) is 0 Å². The van der Waals surface area contributed by atoms with E-state index in [9.17, 15) is 30.0 Å². The Labute approximate surface area is 182 Å². The molecule has 0 amide bonds. The van der Waals surface area contributed by atoms with Gasteiger partial charge in [-0.05, 0) is 30.9 Å². The van der Waals surface area contributed by atoms with Crippen molar-refractivity contribution in [1.29, 1.82) is 0 Å². The number of fused-ring (bicyclic) bond motifs is 5. The molecule has 2 saturated carbocycles. The summed E-state index contributed by atoms with van der Waals surface area (Å²) in [6.45, 7) is 9.88. The lowest BCUT2D eigenvalue weighted by atomic mass is 9.42. The Morgan fingerprint density at radius 1 is 1.19 bits per heavy atom. The second kappa shape index (κ2) is 6.60. The van der Waals surface area contributed by atoms with Crippen LogP contribution in [0.5, 0.6) is 0 Å². The molecule has 0 aromatic carbocycles. The molecule has 4 aliphatic rings. The van der Waals surface area contributed by atoms with Crippen LogP contribution in [0.25, 0.3) is 0 Å². The Hall–Kier alpha value is -1.32. The Kier molecular flexibility index (Phi) is 4.87. The molecule has 3 aliphatic carbocycles. The number of ether oxygens (including phenoxy) is 2. The minimum atomic E-state index is -1.61. The van der Waals surface area contributed by atoms with Crippen molar-refractivity contribution in [3.63, 3.8) is 0 Å². The van der Waals surface area contributed by atoms with Crippen LogP contribution in [0.15, 0.2) is 11.1 Å². The first kappa shape index (κ1) is 22.9. The van der Waals surface area contributed by atoms with Crippen molar-refractivity contribution in [1.82, 2.24) is 0 Å². The topological polar surface area (TPSA) is 134 Å². The third-order valence-corrected chi connectivity index (χ3v) is 9.18. The molecule has 0 aromatic heterocycles. The van der Waals surface area contributed by atoms with Gasteiger partial charge >= 0.3 is 5.97 Å². The van der Waals surface area contributed by atoms with Gasteiger partial charge in [-0.2, -0.15) is 0 Å². The lowest BCUT2D eigenvalue weighted by Gasteiger charge is -2.67. The predicted molar refractivity (Wildman–Crippen MR) is 109 cm³/mol. The maximum absolute atomic E-state index is 13.9. The first-order chi connectivity index (χ1) is 14.2. The Morgan fingerprint density at radius 2 is 1.81 bits per heavy atom. The molecule has 1 aliphatic heterocycles. The molecule has 174 valence electrons. The third kappa shape index (κ3) is 2.54. The first-order valence-electron chi connectivity index (χ1n) is 11.0. The molecule has 31 heavy (non-hydrogen) atoms. The van der Waals surface area contributed by atoms with Gasteiger partial charge in [0, 0.05) is 31.1 Å². The molecule has 6 unspecified atom stereocenters. The van der Waals surface area contributed by atoms with Crippen LogP contribution in [0.2, 0.25) is 0 Å². The van der Waals surface area contributed by atoms with E-state index in [1.165, 1.54) is 6.92 Å². The number of carbonyl (C=O) groups is 2. The van der Waals surface area contributed by atoms with Crippen LogP contribution in [0.1, 0.15) is 54.4 Å². The van der Waals surface area contributed by atoms with Crippen molar-refractivity contribution >= 4 is 11.8 Å². The highest BCUT2D eigenvalue weighted by molar-refractivity contribution is 5.93. The van der Waals surface area contributed by atoms with Gasteiger partial charge in [0.2, 0.25) is 0 Å². The molecular weight excluding hydrogens is 404 g/mol. The summed E-state index contributed by atoms with van der Waals surface area (Å²) in [7, 11) is 0. The average molecular weight is 439 g/mol. The zero-order valence-corrected chi connectivity index (χ0v) is 19.0. The fraction of sp³-hybridized carbons (Fsp3) is 0.826. The highest BCUT2D eigenvalue weighted by Crippen LogP contribution is 2.65. The van der Waals surface area contributed by atoms with Crippen LogP contribution in [-0.4, -0.2) is 74.4 Å². The molecule has 4 N–H and O–H groups in total. The largest absolute Gasteiger partial charge is 0.454 e. The zero-order chi connectivity index (χ0) is 23.3. The van der Waals surface area contributed by atoms with Gasteiger partial charge in [-0.1, -0.05) is 20.8 Å². The lowest BCUT2D eigenvalue weighted by Crippen LogP contribution is -2.79. The SMILES string of the molecule is CC(=O)O[C@@]12COC1CC(O)[C@@]1(C)C(=O)C(O)C3=C(C)C(O)CC(O)([C@@H](C)C21)C3(C)C. The highest BCUT2D eigenvalue weighted by atomic mass is 16.6. The summed E-state index contributed by atoms with van der Waals surface area (Å²) in [6.07, 6.45) is -4.34. The minimum absolute atomic E-state index is 0.00175. The van der Waals surface area contributed by atoms with E-state index in [1.807, 2.05) is 0 Å². The van der Waals surface area contributed by atoms with Gasteiger partial charge in [0.25, 0.3) is 0 Å². The molecule has 0 radical (unpaired) electrons. The number of aliphatic hydroxyl groups excluding tert-OH is 3. The Balaban J connectivity index is 2.02. The summed E-state index contributed by atoms with van der Waals surface area (Å²) in [5.74, 6) is -2.64. The maximum atomic E-state index is 13.9. The van der Waals surface area contributed by atoms with Crippen molar-refractivity contribution < 1.29 is 39.5 Å². The predicted octanol–water partition coefficient (Wildman–Crippen LogP) is 0.492. The standard InChI is InChI=1S/C23H34O8/c1-10-13(25)8-23(29)11(2)18-21(6,19(28)17(27)16(10)20(23,4)5)14(26)7-15-22(18,9-30-15)31-12(3)24/h11,13-15,17-18,25-27,29H,7-9H2,1-6H3/t11-,13?,14?,15?,17?,18?,21+,22-,23?/m0/s1. The van der Waals surface area contributed by atoms with Gasteiger partial charge in [-0.3, -0.25) is 9.59 Å². The molecule has 1 heterocycles. The van der Waals surface area contributed by atoms with E-state index in [-0.39, 0.29) is 19.4 Å². The van der Waals surface area contributed by atoms with E-state index >= 15 is 0 Å². The molecule has 8 heteroatoms. The number of esters is 1. The van der Waals surface area contributed by atoms with Crippen molar-refractivity contribution in [3.8, 4) is 0 Å². The van der Waals surface area contributed by atoms with Gasteiger partial charge in [0.15, 0.2) is 11.4 Å². The van der Waals surface area contributed by atoms with Crippen molar-refractivity contribution in [2.24, 2.45) is 22.7 Å². The Morgan fingerprint density at radius 3 is 2.32 bits per heavy atom. The summed E-state index contributed by atoms with van der Waals surface area (Å²) in [5.41, 5.74) is -4.53. The smallest absolute Gasteiger partial charge is 0.303 e. The second-order valence-corrected chi connectivity index (χ2v) is 10.8. The van der Waals surface area contributed by atoms with Crippen LogP contribution < -0.4 is 0 Å². The molecule has 3 fully saturated rings. The van der Waals surface area contributed by atoms with Gasteiger partial charge in [-0.25, -0.2) is 0 Å². The summed E-state index contributed by atoms with van der Waals surface area (Å²) in [4.78, 5) is 26.0. The molecule has 4 rings (SSSR count). The lowest BCUT2D eigenvalue weighted by molar-refractivity contribution is -0.338. The van der Waals surface area contributed by atoms with Crippen LogP contribution in [0.4, 0.5) is 0 Å². The summed E-state index contributed by atoms with van der Waals surface area (Å²) < 4.78 is 11.5. The third-order valence-electron chi connectivity index (χ3n) is 9.18. The molecule has 1 saturated heterocycles. The van der Waals surface area contributed by atoms with E-state index in [4.69, 9.17) is 9.47 Å². The highest BCUT2D eigenvalue weighted by Gasteiger charge is 2.75. The van der Waals surface area contributed by atoms with E-state index < -0.39 is 70.0 Å². The van der Waals surface area contributed by atoms with E-state index in [1.54, 1.807) is 34.6 Å². The van der Waals surface area contributed by atoms with Gasteiger partial charge in [0.05, 0.1) is 29.8 Å². The van der Waals surface area contributed by atoms with Crippen LogP contribution >= 0.6 is 0 Å². The van der Waals surface area contributed by atoms with E-state index in [0.29, 0.717) is 11.1 Å². The number of carbonyl (C=O) groups excluding carboxylic acids is 2. The molecule has 2 bridgehead atoms. The summed E-state index contributed by atoms with van der Waals surface area (Å²) >= 11 is 0. The molecule has 0 spiro atoms. The van der Waals surface area contributed by atoms with Crippen molar-refractivity contribution in [2.45, 2.75) is 90.0 Å². The fourth-order valence-electron chi connectivity index (χ4n) is 7.39. The fourth-order valence-corrected chi connectivity index (χ4v) is 7.39. The van der Waals surface area contributed by atoms with Gasteiger partial charge in [0.1, 0.15) is 12.2 Å². The molecular formula is C23H34O8. The molecule has 0 aromatic rings. The van der Waals surface area contributed by atoms with Crippen LogP contribution in [0, 0.1) is 22.7 Å². The number of ketones is 1. The number of aliphatic hydroxyl groups is 4. The van der Waals surface area contributed by atoms with Crippen molar-refractivity contribution in [2.75, 3.05) is 6.61 Å². The second-order valence-electron chi connectivity index (χ2n) is 10.8. The van der Waals surface area contributed by atoms with Gasteiger partial charge < -0.3 is 29.9 Å². The minimum Gasteiger partial charge on any atom is -0.454 e. The molecule has 9 atom stereocenters. The van der Waals surface area contributed by atoms with E-state index in [0.717, 1.165) is 0 Å². The quantitative estimate of drug-likeness (QED) is 0.343. The zero-order valence-electron chi connectivity index (χ0n) is 19.0. The van der Waals surface area contributed by atoms with Crippen LogP contribution in [-0.2, 0) is 19.1 Å². The molecule has 8 nitrogen and oxygen atoms in total. The summed E-state index contributed by atoms with van der Waals surface area (Å²) in [5, 5.41) is 45.4. The number of rotatable bonds is 1. The number of hydrogen-bond donors (Lipinski definition) is 4. The summed E-state index contributed by atoms with van der Waals surface area (Å²) in [6, 6.07) is 0. The van der Waals surface area contributed by atoms with Crippen molar-refractivity contribution in [3.05, 3.63) is 11.1 Å². The number of Topliss-reactive ketones (excluding diaryl/α,β-unsaturated/α-hetero) is 1. The van der Waals surface area contributed by atoms with Gasteiger partial charge in [-0.15, -0.1) is 0 Å². The normalized spacial score (nSPS) is 51.1.